The van der Waals surface area contributed by atoms with Crippen molar-refractivity contribution in [3.05, 3.63) is 45.4 Å². The van der Waals surface area contributed by atoms with E-state index >= 15 is 0 Å². The fraction of sp³-hybridized carbons (Fsp3) is 0.333. The van der Waals surface area contributed by atoms with Crippen LogP contribution in [0.3, 0.4) is 0 Å². The number of aromatic nitrogens is 2. The monoisotopic (exact) mass is 352 g/mol. The van der Waals surface area contributed by atoms with Gasteiger partial charge in [0.05, 0.1) is 10.2 Å². The van der Waals surface area contributed by atoms with Crippen LogP contribution in [-0.4, -0.2) is 20.9 Å². The van der Waals surface area contributed by atoms with E-state index in [1.807, 2.05) is 0 Å². The SMILES string of the molecule is CC1CCc2c(c(C(=O)O)nn2-c2ccc(Br)c(F)c2)C1. The second kappa shape index (κ2) is 5.26. The molecule has 0 saturated heterocycles. The number of hydrogen-bond donors (Lipinski definition) is 1. The molecule has 0 amide bonds. The molecule has 2 aromatic rings. The number of carboxylic acid groups (broad SMARTS) is 1. The van der Waals surface area contributed by atoms with Gasteiger partial charge in [-0.2, -0.15) is 5.10 Å². The summed E-state index contributed by atoms with van der Waals surface area (Å²) >= 11 is 3.11. The molecule has 21 heavy (non-hydrogen) atoms. The van der Waals surface area contributed by atoms with Gasteiger partial charge in [-0.3, -0.25) is 0 Å². The Morgan fingerprint density at radius 2 is 2.29 bits per heavy atom. The molecule has 0 aliphatic heterocycles. The molecule has 1 atom stereocenters. The fourth-order valence-corrected chi connectivity index (χ4v) is 3.04. The van der Waals surface area contributed by atoms with Crippen molar-refractivity contribution in [1.82, 2.24) is 9.78 Å². The third-order valence-electron chi connectivity index (χ3n) is 3.87. The summed E-state index contributed by atoms with van der Waals surface area (Å²) in [5.41, 5.74) is 2.30. The van der Waals surface area contributed by atoms with Crippen LogP contribution in [0.5, 0.6) is 0 Å². The highest BCUT2D eigenvalue weighted by molar-refractivity contribution is 9.10. The van der Waals surface area contributed by atoms with Gasteiger partial charge in [0.2, 0.25) is 0 Å². The fourth-order valence-electron chi connectivity index (χ4n) is 2.79. The molecule has 0 bridgehead atoms. The number of carboxylic acids is 1. The topological polar surface area (TPSA) is 55.1 Å². The van der Waals surface area contributed by atoms with Gasteiger partial charge in [-0.15, -0.1) is 0 Å². The van der Waals surface area contributed by atoms with E-state index in [9.17, 15) is 14.3 Å². The van der Waals surface area contributed by atoms with Crippen molar-refractivity contribution >= 4 is 21.9 Å². The maximum atomic E-state index is 13.7. The summed E-state index contributed by atoms with van der Waals surface area (Å²) in [4.78, 5) is 11.4. The summed E-state index contributed by atoms with van der Waals surface area (Å²) in [5.74, 6) is -0.982. The first kappa shape index (κ1) is 14.3. The number of rotatable bonds is 2. The highest BCUT2D eigenvalue weighted by Crippen LogP contribution is 2.30. The van der Waals surface area contributed by atoms with Crippen LogP contribution >= 0.6 is 15.9 Å². The molecule has 0 saturated carbocycles. The van der Waals surface area contributed by atoms with Crippen LogP contribution in [0.4, 0.5) is 4.39 Å². The van der Waals surface area contributed by atoms with Crippen LogP contribution < -0.4 is 0 Å². The first-order valence-corrected chi connectivity index (χ1v) is 7.56. The lowest BCUT2D eigenvalue weighted by molar-refractivity contribution is 0.0688. The van der Waals surface area contributed by atoms with Crippen LogP contribution in [0.15, 0.2) is 22.7 Å². The molecule has 1 aromatic carbocycles. The molecule has 3 rings (SSSR count). The first-order valence-electron chi connectivity index (χ1n) is 6.77. The Hall–Kier alpha value is -1.69. The standard InChI is InChI=1S/C15H14BrFN2O2/c1-8-2-5-13-10(6-8)14(15(20)21)18-19(13)9-3-4-11(16)12(17)7-9/h3-4,7-8H,2,5-6H2,1H3,(H,20,21). The zero-order valence-electron chi connectivity index (χ0n) is 11.4. The van der Waals surface area contributed by atoms with Gasteiger partial charge < -0.3 is 5.11 Å². The summed E-state index contributed by atoms with van der Waals surface area (Å²) in [6.45, 7) is 2.10. The van der Waals surface area contributed by atoms with E-state index in [4.69, 9.17) is 0 Å². The molecular weight excluding hydrogens is 339 g/mol. The minimum absolute atomic E-state index is 0.0832. The van der Waals surface area contributed by atoms with E-state index in [1.165, 1.54) is 6.07 Å². The third kappa shape index (κ3) is 2.48. The van der Waals surface area contributed by atoms with E-state index in [2.05, 4.69) is 28.0 Å². The second-order valence-corrected chi connectivity index (χ2v) is 6.29. The van der Waals surface area contributed by atoms with Gasteiger partial charge in [0.25, 0.3) is 0 Å². The second-order valence-electron chi connectivity index (χ2n) is 5.44. The summed E-state index contributed by atoms with van der Waals surface area (Å²) in [6.07, 6.45) is 2.45. The van der Waals surface area contributed by atoms with Gasteiger partial charge in [0.1, 0.15) is 5.82 Å². The van der Waals surface area contributed by atoms with E-state index in [0.29, 0.717) is 22.5 Å². The number of fused-ring (bicyclic) bond motifs is 1. The van der Waals surface area contributed by atoms with Crippen LogP contribution in [0.1, 0.15) is 35.1 Å². The maximum Gasteiger partial charge on any atom is 0.356 e. The van der Waals surface area contributed by atoms with E-state index in [-0.39, 0.29) is 5.69 Å². The molecule has 110 valence electrons. The Labute approximate surface area is 129 Å². The number of halogens is 2. The largest absolute Gasteiger partial charge is 0.476 e. The van der Waals surface area contributed by atoms with E-state index in [0.717, 1.165) is 24.1 Å². The zero-order chi connectivity index (χ0) is 15.1. The lowest BCUT2D eigenvalue weighted by Gasteiger charge is -2.19. The Bertz CT molecular complexity index is 727. The van der Waals surface area contributed by atoms with Crippen molar-refractivity contribution in [2.24, 2.45) is 5.92 Å². The van der Waals surface area contributed by atoms with Gasteiger partial charge >= 0.3 is 5.97 Å². The molecule has 1 aliphatic rings. The van der Waals surface area contributed by atoms with Crippen LogP contribution in [0.25, 0.3) is 5.69 Å². The average Bonchev–Trinajstić information content (AvgIpc) is 2.80. The molecule has 6 heteroatoms. The molecule has 0 spiro atoms. The zero-order valence-corrected chi connectivity index (χ0v) is 13.0. The summed E-state index contributed by atoms with van der Waals surface area (Å²) in [5, 5.41) is 13.5. The predicted octanol–water partition coefficient (Wildman–Crippen LogP) is 3.60. The van der Waals surface area contributed by atoms with Gasteiger partial charge in [0.15, 0.2) is 5.69 Å². The van der Waals surface area contributed by atoms with Crippen LogP contribution in [0.2, 0.25) is 0 Å². The molecule has 1 aliphatic carbocycles. The van der Waals surface area contributed by atoms with Crippen molar-refractivity contribution in [3.63, 3.8) is 0 Å². The highest BCUT2D eigenvalue weighted by atomic mass is 79.9. The van der Waals surface area contributed by atoms with Gasteiger partial charge in [-0.1, -0.05) is 6.92 Å². The molecule has 1 unspecified atom stereocenters. The van der Waals surface area contributed by atoms with Crippen molar-refractivity contribution < 1.29 is 14.3 Å². The Morgan fingerprint density at radius 1 is 1.52 bits per heavy atom. The van der Waals surface area contributed by atoms with Gasteiger partial charge in [-0.05, 0) is 53.2 Å². The molecule has 0 radical (unpaired) electrons. The Kier molecular flexibility index (Phi) is 3.57. The molecule has 1 N–H and O–H groups in total. The molecule has 1 aromatic heterocycles. The Morgan fingerprint density at radius 3 is 2.95 bits per heavy atom. The van der Waals surface area contributed by atoms with Crippen molar-refractivity contribution in [3.8, 4) is 5.69 Å². The van der Waals surface area contributed by atoms with Crippen molar-refractivity contribution in [2.45, 2.75) is 26.2 Å². The number of carbonyl (C=O) groups is 1. The number of nitrogens with zero attached hydrogens (tertiary/aromatic N) is 2. The highest BCUT2D eigenvalue weighted by Gasteiger charge is 2.28. The van der Waals surface area contributed by atoms with Crippen molar-refractivity contribution in [1.29, 1.82) is 0 Å². The maximum absolute atomic E-state index is 13.7. The van der Waals surface area contributed by atoms with Gasteiger partial charge in [-0.25, -0.2) is 13.9 Å². The minimum Gasteiger partial charge on any atom is -0.476 e. The first-order chi connectivity index (χ1) is 9.97. The summed E-state index contributed by atoms with van der Waals surface area (Å²) in [7, 11) is 0. The van der Waals surface area contributed by atoms with Crippen LogP contribution in [-0.2, 0) is 12.8 Å². The van der Waals surface area contributed by atoms with Crippen LogP contribution in [0, 0.1) is 11.7 Å². The molecule has 0 fully saturated rings. The normalized spacial score (nSPS) is 17.6. The molecule has 4 nitrogen and oxygen atoms in total. The quantitative estimate of drug-likeness (QED) is 0.898. The Balaban J connectivity index is 2.17. The number of aromatic carboxylic acids is 1. The molecular formula is C15H14BrFN2O2. The molecule has 1 heterocycles. The smallest absolute Gasteiger partial charge is 0.356 e. The summed E-state index contributed by atoms with van der Waals surface area (Å²) < 4.78 is 15.7. The van der Waals surface area contributed by atoms with E-state index in [1.54, 1.807) is 16.8 Å². The third-order valence-corrected chi connectivity index (χ3v) is 4.51. The predicted molar refractivity (Wildman–Crippen MR) is 79.4 cm³/mol. The van der Waals surface area contributed by atoms with Gasteiger partial charge in [0, 0.05) is 17.3 Å². The number of benzene rings is 1. The summed E-state index contributed by atoms with van der Waals surface area (Å²) in [6, 6.07) is 4.69. The minimum atomic E-state index is -1.03. The lowest BCUT2D eigenvalue weighted by atomic mass is 9.87. The lowest BCUT2D eigenvalue weighted by Crippen LogP contribution is -2.14. The van der Waals surface area contributed by atoms with E-state index < -0.39 is 11.8 Å². The number of hydrogen-bond acceptors (Lipinski definition) is 2. The van der Waals surface area contributed by atoms with Crippen molar-refractivity contribution in [2.75, 3.05) is 0 Å². The average molecular weight is 353 g/mol.